The van der Waals surface area contributed by atoms with Gasteiger partial charge in [-0.25, -0.2) is 12.8 Å². The quantitative estimate of drug-likeness (QED) is 0.452. The number of halogens is 1. The zero-order chi connectivity index (χ0) is 23.1. The molecule has 0 aliphatic carbocycles. The number of carbonyl (C=O) groups excluding carboxylic acids is 1. The van der Waals surface area contributed by atoms with Gasteiger partial charge < -0.3 is 10.1 Å². The summed E-state index contributed by atoms with van der Waals surface area (Å²) in [5.41, 5.74) is 0.729. The highest BCUT2D eigenvalue weighted by Crippen LogP contribution is 2.26. The molecule has 3 aromatic rings. The van der Waals surface area contributed by atoms with Gasteiger partial charge in [0, 0.05) is 10.6 Å². The summed E-state index contributed by atoms with van der Waals surface area (Å²) in [4.78, 5) is 13.7. The van der Waals surface area contributed by atoms with Crippen LogP contribution in [0.15, 0.2) is 82.6 Å². The minimum atomic E-state index is -4.11. The Morgan fingerprint density at radius 1 is 1.06 bits per heavy atom. The molecule has 6 nitrogen and oxygen atoms in total. The molecule has 3 aromatic carbocycles. The zero-order valence-corrected chi connectivity index (χ0v) is 19.3. The van der Waals surface area contributed by atoms with E-state index in [0.29, 0.717) is 18.0 Å². The molecular weight excluding hydrogens is 451 g/mol. The van der Waals surface area contributed by atoms with Crippen LogP contribution >= 0.6 is 11.8 Å². The lowest BCUT2D eigenvalue weighted by atomic mass is 10.3. The molecule has 0 atom stereocenters. The summed E-state index contributed by atoms with van der Waals surface area (Å²) in [7, 11) is -4.11. The van der Waals surface area contributed by atoms with Crippen molar-refractivity contribution in [2.45, 2.75) is 16.7 Å². The molecule has 1 N–H and O–H groups in total. The van der Waals surface area contributed by atoms with Crippen LogP contribution in [-0.2, 0) is 14.8 Å². The second-order valence-corrected chi connectivity index (χ2v) is 9.41. The van der Waals surface area contributed by atoms with Gasteiger partial charge in [-0.1, -0.05) is 6.07 Å². The predicted molar refractivity (Wildman–Crippen MR) is 125 cm³/mol. The fraction of sp³-hybridized carbons (Fsp3) is 0.174. The van der Waals surface area contributed by atoms with Gasteiger partial charge in [-0.2, -0.15) is 0 Å². The number of rotatable bonds is 9. The standard InChI is InChI=1S/C23H23FN2O4S2/c1-3-30-20-11-13-22(14-12-20)32(28,29)26(19-9-7-17(24)8-10-19)16-23(27)25-18-5-4-6-21(15-18)31-2/h4-15H,3,16H2,1-2H3,(H,25,27). The molecule has 0 aromatic heterocycles. The third-order valence-corrected chi connectivity index (χ3v) is 6.99. The molecule has 32 heavy (non-hydrogen) atoms. The minimum Gasteiger partial charge on any atom is -0.494 e. The van der Waals surface area contributed by atoms with Crippen molar-refractivity contribution >= 4 is 39.1 Å². The number of nitrogens with zero attached hydrogens (tertiary/aromatic N) is 1. The molecular formula is C23H23FN2O4S2. The molecule has 9 heteroatoms. The Kier molecular flexibility index (Phi) is 7.76. The van der Waals surface area contributed by atoms with E-state index < -0.39 is 28.3 Å². The van der Waals surface area contributed by atoms with Crippen LogP contribution in [0.25, 0.3) is 0 Å². The van der Waals surface area contributed by atoms with Crippen molar-refractivity contribution in [2.24, 2.45) is 0 Å². The number of hydrogen-bond acceptors (Lipinski definition) is 5. The van der Waals surface area contributed by atoms with E-state index in [1.165, 1.54) is 36.0 Å². The van der Waals surface area contributed by atoms with Crippen molar-refractivity contribution in [3.8, 4) is 5.75 Å². The molecule has 1 amide bonds. The number of benzene rings is 3. The topological polar surface area (TPSA) is 75.7 Å². The van der Waals surface area contributed by atoms with Crippen LogP contribution in [0, 0.1) is 5.82 Å². The summed E-state index contributed by atoms with van der Waals surface area (Å²) < 4.78 is 46.5. The number of carbonyl (C=O) groups is 1. The maximum atomic E-state index is 13.4. The first kappa shape index (κ1) is 23.6. The van der Waals surface area contributed by atoms with Gasteiger partial charge in [-0.15, -0.1) is 11.8 Å². The van der Waals surface area contributed by atoms with Crippen LogP contribution < -0.4 is 14.4 Å². The number of amides is 1. The van der Waals surface area contributed by atoms with Crippen LogP contribution in [0.1, 0.15) is 6.92 Å². The zero-order valence-electron chi connectivity index (χ0n) is 17.6. The van der Waals surface area contributed by atoms with E-state index in [9.17, 15) is 17.6 Å². The lowest BCUT2D eigenvalue weighted by Gasteiger charge is -2.24. The van der Waals surface area contributed by atoms with Crippen LogP contribution in [0.3, 0.4) is 0 Å². The normalized spacial score (nSPS) is 11.1. The Balaban J connectivity index is 1.90. The molecule has 0 radical (unpaired) electrons. The van der Waals surface area contributed by atoms with Crippen LogP contribution in [0.4, 0.5) is 15.8 Å². The molecule has 168 valence electrons. The van der Waals surface area contributed by atoms with Gasteiger partial charge in [0.05, 0.1) is 17.2 Å². The van der Waals surface area contributed by atoms with E-state index in [4.69, 9.17) is 4.74 Å². The first-order chi connectivity index (χ1) is 15.3. The highest BCUT2D eigenvalue weighted by molar-refractivity contribution is 7.98. The number of sulfonamides is 1. The molecule has 0 fully saturated rings. The maximum absolute atomic E-state index is 13.4. The van der Waals surface area contributed by atoms with E-state index in [-0.39, 0.29) is 10.6 Å². The summed E-state index contributed by atoms with van der Waals surface area (Å²) >= 11 is 1.52. The Hall–Kier alpha value is -3.04. The van der Waals surface area contributed by atoms with E-state index >= 15 is 0 Å². The molecule has 3 rings (SSSR count). The Morgan fingerprint density at radius 2 is 1.75 bits per heavy atom. The predicted octanol–water partition coefficient (Wildman–Crippen LogP) is 4.78. The molecule has 0 saturated heterocycles. The Labute approximate surface area is 191 Å². The van der Waals surface area contributed by atoms with Crippen molar-refractivity contribution < 1.29 is 22.3 Å². The second-order valence-electron chi connectivity index (χ2n) is 6.67. The number of anilines is 2. The number of thioether (sulfide) groups is 1. The summed E-state index contributed by atoms with van der Waals surface area (Å²) in [6.45, 7) is 1.80. The van der Waals surface area contributed by atoms with E-state index in [0.717, 1.165) is 21.3 Å². The minimum absolute atomic E-state index is 0.0116. The SMILES string of the molecule is CCOc1ccc(S(=O)(=O)N(CC(=O)Nc2cccc(SC)c2)c2ccc(F)cc2)cc1. The molecule has 0 bridgehead atoms. The lowest BCUT2D eigenvalue weighted by Crippen LogP contribution is -2.38. The monoisotopic (exact) mass is 474 g/mol. The molecule has 0 heterocycles. The third kappa shape index (κ3) is 5.80. The largest absolute Gasteiger partial charge is 0.494 e. The van der Waals surface area contributed by atoms with Gasteiger partial charge in [0.2, 0.25) is 5.91 Å². The average Bonchev–Trinajstić information content (AvgIpc) is 2.79. The Morgan fingerprint density at radius 3 is 2.38 bits per heavy atom. The van der Waals surface area contributed by atoms with Gasteiger partial charge >= 0.3 is 0 Å². The summed E-state index contributed by atoms with van der Waals surface area (Å²) in [6.07, 6.45) is 1.92. The van der Waals surface area contributed by atoms with Gasteiger partial charge in [0.25, 0.3) is 10.0 Å². The third-order valence-electron chi connectivity index (χ3n) is 4.48. The van der Waals surface area contributed by atoms with E-state index in [1.807, 2.05) is 19.2 Å². The number of hydrogen-bond donors (Lipinski definition) is 1. The average molecular weight is 475 g/mol. The molecule has 0 spiro atoms. The van der Waals surface area contributed by atoms with Gasteiger partial charge in [-0.3, -0.25) is 9.10 Å². The van der Waals surface area contributed by atoms with Crippen molar-refractivity contribution in [1.29, 1.82) is 0 Å². The van der Waals surface area contributed by atoms with E-state index in [2.05, 4.69) is 5.32 Å². The summed E-state index contributed by atoms with van der Waals surface area (Å²) in [6, 6.07) is 18.1. The Bertz CT molecular complexity index is 1170. The summed E-state index contributed by atoms with van der Waals surface area (Å²) in [5, 5.41) is 2.73. The maximum Gasteiger partial charge on any atom is 0.264 e. The smallest absolute Gasteiger partial charge is 0.264 e. The molecule has 0 aliphatic rings. The molecule has 0 unspecified atom stereocenters. The van der Waals surface area contributed by atoms with Crippen molar-refractivity contribution in [3.05, 3.63) is 78.6 Å². The fourth-order valence-electron chi connectivity index (χ4n) is 2.96. The second kappa shape index (κ2) is 10.5. The van der Waals surface area contributed by atoms with Crippen LogP contribution in [-0.4, -0.2) is 33.7 Å². The van der Waals surface area contributed by atoms with Crippen molar-refractivity contribution in [1.82, 2.24) is 0 Å². The number of nitrogens with one attached hydrogen (secondary N) is 1. The van der Waals surface area contributed by atoms with Crippen LogP contribution in [0.2, 0.25) is 0 Å². The molecule has 0 aliphatic heterocycles. The van der Waals surface area contributed by atoms with Crippen molar-refractivity contribution in [3.63, 3.8) is 0 Å². The van der Waals surface area contributed by atoms with Crippen LogP contribution in [0.5, 0.6) is 5.75 Å². The van der Waals surface area contributed by atoms with Crippen molar-refractivity contribution in [2.75, 3.05) is 29.0 Å². The first-order valence-corrected chi connectivity index (χ1v) is 12.4. The van der Waals surface area contributed by atoms with Gasteiger partial charge in [-0.05, 0) is 79.9 Å². The van der Waals surface area contributed by atoms with Gasteiger partial charge in [0.15, 0.2) is 0 Å². The number of ether oxygens (including phenoxy) is 1. The molecule has 0 saturated carbocycles. The first-order valence-electron chi connectivity index (χ1n) is 9.78. The van der Waals surface area contributed by atoms with E-state index in [1.54, 1.807) is 30.3 Å². The lowest BCUT2D eigenvalue weighted by molar-refractivity contribution is -0.114. The summed E-state index contributed by atoms with van der Waals surface area (Å²) in [5.74, 6) is -0.501. The highest BCUT2D eigenvalue weighted by atomic mass is 32.2. The van der Waals surface area contributed by atoms with Gasteiger partial charge in [0.1, 0.15) is 18.1 Å². The highest BCUT2D eigenvalue weighted by Gasteiger charge is 2.27. The fourth-order valence-corrected chi connectivity index (χ4v) is 4.84.